The van der Waals surface area contributed by atoms with Crippen LogP contribution in [0.3, 0.4) is 0 Å². The lowest BCUT2D eigenvalue weighted by Gasteiger charge is -2.10. The monoisotopic (exact) mass is 299 g/mol. The molecule has 7 heteroatoms. The molecule has 0 saturated carbocycles. The standard InChI is InChI=1S/C9H8Cl3NO2S/c10-9(11,12)16-13-8(14)15-6-7-4-2-1-3-5-7/h1-5H,6H2,(H,13,14). The smallest absolute Gasteiger partial charge is 0.417 e. The minimum atomic E-state index is -1.59. The molecule has 1 amide bonds. The van der Waals surface area contributed by atoms with E-state index in [-0.39, 0.29) is 6.61 Å². The van der Waals surface area contributed by atoms with Crippen molar-refractivity contribution in [2.75, 3.05) is 0 Å². The number of carbonyl (C=O) groups excluding carboxylic acids is 1. The highest BCUT2D eigenvalue weighted by Crippen LogP contribution is 2.36. The summed E-state index contributed by atoms with van der Waals surface area (Å²) in [7, 11) is 0. The maximum absolute atomic E-state index is 11.1. The number of carbonyl (C=O) groups is 1. The van der Waals surface area contributed by atoms with Crippen molar-refractivity contribution in [2.24, 2.45) is 0 Å². The van der Waals surface area contributed by atoms with E-state index in [1.54, 1.807) is 0 Å². The van der Waals surface area contributed by atoms with Crippen molar-refractivity contribution in [3.8, 4) is 0 Å². The van der Waals surface area contributed by atoms with Gasteiger partial charge in [0.05, 0.1) is 0 Å². The van der Waals surface area contributed by atoms with E-state index >= 15 is 0 Å². The fourth-order valence-electron chi connectivity index (χ4n) is 0.852. The minimum absolute atomic E-state index is 0.174. The van der Waals surface area contributed by atoms with Crippen molar-refractivity contribution in [2.45, 2.75) is 9.73 Å². The molecule has 1 aromatic rings. The molecule has 0 aliphatic heterocycles. The molecule has 0 saturated heterocycles. The molecule has 16 heavy (non-hydrogen) atoms. The Bertz CT molecular complexity index is 342. The van der Waals surface area contributed by atoms with Gasteiger partial charge in [0.15, 0.2) is 0 Å². The van der Waals surface area contributed by atoms with Crippen LogP contribution in [0, 0.1) is 0 Å². The molecular formula is C9H8Cl3NO2S. The zero-order valence-electron chi connectivity index (χ0n) is 7.95. The van der Waals surface area contributed by atoms with Crippen LogP contribution in [-0.4, -0.2) is 9.22 Å². The zero-order chi connectivity index (χ0) is 12.0. The van der Waals surface area contributed by atoms with Gasteiger partial charge in [0.25, 0.3) is 3.12 Å². The van der Waals surface area contributed by atoms with Gasteiger partial charge in [0.1, 0.15) is 6.61 Å². The quantitative estimate of drug-likeness (QED) is 0.680. The second-order valence-corrected chi connectivity index (χ2v) is 6.69. The second kappa shape index (κ2) is 6.45. The second-order valence-electron chi connectivity index (χ2n) is 2.71. The lowest BCUT2D eigenvalue weighted by molar-refractivity contribution is 0.147. The van der Waals surface area contributed by atoms with Gasteiger partial charge >= 0.3 is 6.09 Å². The molecule has 0 aliphatic rings. The Kier molecular flexibility index (Phi) is 5.55. The van der Waals surface area contributed by atoms with Crippen molar-refractivity contribution < 1.29 is 9.53 Å². The Balaban J connectivity index is 2.26. The van der Waals surface area contributed by atoms with Gasteiger partial charge in [-0.25, -0.2) is 4.79 Å². The summed E-state index contributed by atoms with van der Waals surface area (Å²) < 4.78 is 5.54. The number of rotatable bonds is 3. The van der Waals surface area contributed by atoms with Crippen LogP contribution in [0.5, 0.6) is 0 Å². The highest BCUT2D eigenvalue weighted by molar-refractivity contribution is 8.03. The fourth-order valence-corrected chi connectivity index (χ4v) is 1.46. The summed E-state index contributed by atoms with van der Waals surface area (Å²) in [6.07, 6.45) is -0.653. The summed E-state index contributed by atoms with van der Waals surface area (Å²) in [6, 6.07) is 9.27. The summed E-state index contributed by atoms with van der Waals surface area (Å²) >= 11 is 16.9. The number of ether oxygens (including phenoxy) is 1. The summed E-state index contributed by atoms with van der Waals surface area (Å²) in [5.74, 6) is 0. The molecule has 88 valence electrons. The van der Waals surface area contributed by atoms with E-state index in [9.17, 15) is 4.79 Å². The molecule has 1 N–H and O–H groups in total. The van der Waals surface area contributed by atoms with Crippen molar-refractivity contribution in [1.29, 1.82) is 0 Å². The molecule has 0 atom stereocenters. The Morgan fingerprint density at radius 3 is 2.50 bits per heavy atom. The van der Waals surface area contributed by atoms with Crippen molar-refractivity contribution in [3.63, 3.8) is 0 Å². The Hall–Kier alpha value is -0.290. The molecule has 3 nitrogen and oxygen atoms in total. The van der Waals surface area contributed by atoms with E-state index in [2.05, 4.69) is 4.72 Å². The Morgan fingerprint density at radius 1 is 1.31 bits per heavy atom. The number of amides is 1. The van der Waals surface area contributed by atoms with Crippen LogP contribution < -0.4 is 4.72 Å². The zero-order valence-corrected chi connectivity index (χ0v) is 11.0. The number of nitrogens with one attached hydrogen (secondary N) is 1. The lowest BCUT2D eigenvalue weighted by atomic mass is 10.2. The van der Waals surface area contributed by atoms with Gasteiger partial charge in [-0.05, 0) is 5.56 Å². The van der Waals surface area contributed by atoms with E-state index < -0.39 is 9.22 Å². The van der Waals surface area contributed by atoms with Crippen LogP contribution in [0.15, 0.2) is 30.3 Å². The lowest BCUT2D eigenvalue weighted by Crippen LogP contribution is -2.20. The van der Waals surface area contributed by atoms with Gasteiger partial charge in [-0.15, -0.1) is 0 Å². The number of hydrogen-bond acceptors (Lipinski definition) is 3. The fraction of sp³-hybridized carbons (Fsp3) is 0.222. The maximum Gasteiger partial charge on any atom is 0.417 e. The summed E-state index contributed by atoms with van der Waals surface area (Å²) in [6.45, 7) is 0.174. The van der Waals surface area contributed by atoms with Gasteiger partial charge in [0, 0.05) is 11.9 Å². The first-order valence-electron chi connectivity index (χ1n) is 4.19. The molecule has 0 unspecified atom stereocenters. The molecule has 1 aromatic carbocycles. The van der Waals surface area contributed by atoms with E-state index in [1.165, 1.54) is 0 Å². The average molecular weight is 301 g/mol. The molecule has 0 aliphatic carbocycles. The summed E-state index contributed by atoms with van der Waals surface area (Å²) in [5.41, 5.74) is 0.886. The molecular weight excluding hydrogens is 293 g/mol. The number of alkyl halides is 3. The number of benzene rings is 1. The van der Waals surface area contributed by atoms with Gasteiger partial charge in [-0.2, -0.15) is 0 Å². The van der Waals surface area contributed by atoms with E-state index in [4.69, 9.17) is 39.5 Å². The highest BCUT2D eigenvalue weighted by atomic mass is 35.6. The van der Waals surface area contributed by atoms with Crippen LogP contribution in [-0.2, 0) is 11.3 Å². The first-order valence-corrected chi connectivity index (χ1v) is 6.14. The van der Waals surface area contributed by atoms with Gasteiger partial charge in [-0.3, -0.25) is 4.72 Å². The van der Waals surface area contributed by atoms with Crippen molar-refractivity contribution in [1.82, 2.24) is 4.72 Å². The first kappa shape index (κ1) is 13.8. The predicted octanol–water partition coefficient (Wildman–Crippen LogP) is 3.89. The van der Waals surface area contributed by atoms with Crippen molar-refractivity contribution >= 4 is 52.8 Å². The summed E-state index contributed by atoms with van der Waals surface area (Å²) in [4.78, 5) is 11.1. The van der Waals surface area contributed by atoms with Crippen LogP contribution in [0.2, 0.25) is 0 Å². The average Bonchev–Trinajstić information content (AvgIpc) is 2.24. The molecule has 0 spiro atoms. The van der Waals surface area contributed by atoms with Gasteiger partial charge in [-0.1, -0.05) is 65.1 Å². The molecule has 0 bridgehead atoms. The molecule has 0 aromatic heterocycles. The molecule has 0 heterocycles. The molecule has 1 rings (SSSR count). The highest BCUT2D eigenvalue weighted by Gasteiger charge is 2.22. The third kappa shape index (κ3) is 6.33. The first-order chi connectivity index (χ1) is 7.47. The third-order valence-corrected chi connectivity index (χ3v) is 2.66. The SMILES string of the molecule is O=C(NSC(Cl)(Cl)Cl)OCc1ccccc1. The Morgan fingerprint density at radius 2 is 1.94 bits per heavy atom. The van der Waals surface area contributed by atoms with Crippen LogP contribution in [0.4, 0.5) is 4.79 Å². The molecule has 0 fully saturated rings. The number of halogens is 3. The van der Waals surface area contributed by atoms with E-state index in [0.717, 1.165) is 5.56 Å². The van der Waals surface area contributed by atoms with Crippen LogP contribution >= 0.6 is 46.8 Å². The largest absolute Gasteiger partial charge is 0.444 e. The normalized spacial score (nSPS) is 10.9. The Labute approximate surface area is 113 Å². The van der Waals surface area contributed by atoms with E-state index in [1.807, 2.05) is 30.3 Å². The number of hydrogen-bond donors (Lipinski definition) is 1. The minimum Gasteiger partial charge on any atom is -0.444 e. The van der Waals surface area contributed by atoms with E-state index in [0.29, 0.717) is 11.9 Å². The van der Waals surface area contributed by atoms with Crippen LogP contribution in [0.25, 0.3) is 0 Å². The molecule has 0 radical (unpaired) electrons. The third-order valence-electron chi connectivity index (χ3n) is 1.46. The van der Waals surface area contributed by atoms with Crippen molar-refractivity contribution in [3.05, 3.63) is 35.9 Å². The predicted molar refractivity (Wildman–Crippen MR) is 67.6 cm³/mol. The maximum atomic E-state index is 11.1. The van der Waals surface area contributed by atoms with Gasteiger partial charge in [0.2, 0.25) is 0 Å². The van der Waals surface area contributed by atoms with Crippen LogP contribution in [0.1, 0.15) is 5.56 Å². The topological polar surface area (TPSA) is 38.3 Å². The summed E-state index contributed by atoms with van der Waals surface area (Å²) in [5, 5.41) is 0. The van der Waals surface area contributed by atoms with Gasteiger partial charge < -0.3 is 4.74 Å².